The summed E-state index contributed by atoms with van der Waals surface area (Å²) >= 11 is 0. The number of piperidine rings is 1. The molecule has 1 atom stereocenters. The van der Waals surface area contributed by atoms with Crippen molar-refractivity contribution >= 4 is 16.8 Å². The van der Waals surface area contributed by atoms with Crippen LogP contribution in [0.15, 0.2) is 36.5 Å². The van der Waals surface area contributed by atoms with Crippen LogP contribution in [0.3, 0.4) is 0 Å². The van der Waals surface area contributed by atoms with Gasteiger partial charge in [0.1, 0.15) is 0 Å². The molecule has 1 N–H and O–H groups in total. The van der Waals surface area contributed by atoms with Crippen molar-refractivity contribution in [3.8, 4) is 0 Å². The number of hydrogen-bond acceptors (Lipinski definition) is 3. The number of nitrogens with zero attached hydrogens (tertiary/aromatic N) is 2. The van der Waals surface area contributed by atoms with Crippen LogP contribution in [0.4, 0.5) is 0 Å². The summed E-state index contributed by atoms with van der Waals surface area (Å²) < 4.78 is 0. The maximum absolute atomic E-state index is 12.9. The highest BCUT2D eigenvalue weighted by atomic mass is 16.3. The summed E-state index contributed by atoms with van der Waals surface area (Å²) in [6.07, 6.45) is 7.54. The molecule has 4 nitrogen and oxygen atoms in total. The SMILES string of the molecule is CCC[C@]1(O)CCC12CCN(C(=O)c1ccc3ncccc3c1)CC2. The van der Waals surface area contributed by atoms with Crippen LogP contribution in [-0.4, -0.2) is 39.6 Å². The first kappa shape index (κ1) is 16.5. The summed E-state index contributed by atoms with van der Waals surface area (Å²) in [7, 11) is 0. The van der Waals surface area contributed by atoms with Gasteiger partial charge in [0, 0.05) is 35.7 Å². The number of hydrogen-bond donors (Lipinski definition) is 1. The summed E-state index contributed by atoms with van der Waals surface area (Å²) in [5.41, 5.74) is 1.20. The van der Waals surface area contributed by atoms with Gasteiger partial charge in [0.05, 0.1) is 11.1 Å². The maximum Gasteiger partial charge on any atom is 0.253 e. The summed E-state index contributed by atoms with van der Waals surface area (Å²) in [5, 5.41) is 11.9. The van der Waals surface area contributed by atoms with Crippen molar-refractivity contribution in [2.24, 2.45) is 5.41 Å². The van der Waals surface area contributed by atoms with E-state index in [-0.39, 0.29) is 11.3 Å². The van der Waals surface area contributed by atoms with Crippen LogP contribution in [0, 0.1) is 5.41 Å². The molecule has 4 rings (SSSR count). The number of benzene rings is 1. The van der Waals surface area contributed by atoms with Crippen molar-refractivity contribution in [2.75, 3.05) is 13.1 Å². The first-order valence-corrected chi connectivity index (χ1v) is 9.43. The van der Waals surface area contributed by atoms with Gasteiger partial charge >= 0.3 is 0 Å². The zero-order valence-corrected chi connectivity index (χ0v) is 14.9. The number of rotatable bonds is 3. The van der Waals surface area contributed by atoms with Crippen LogP contribution in [0.1, 0.15) is 55.8 Å². The third-order valence-electron chi connectivity index (χ3n) is 6.53. The van der Waals surface area contributed by atoms with Crippen molar-refractivity contribution in [1.29, 1.82) is 0 Å². The Morgan fingerprint density at radius 3 is 2.68 bits per heavy atom. The van der Waals surface area contributed by atoms with Gasteiger partial charge in [0.2, 0.25) is 0 Å². The third kappa shape index (κ3) is 2.63. The van der Waals surface area contributed by atoms with Crippen molar-refractivity contribution in [2.45, 2.75) is 51.0 Å². The van der Waals surface area contributed by atoms with E-state index in [9.17, 15) is 9.90 Å². The standard InChI is InChI=1S/C21H26N2O2/c1-2-7-21(25)9-8-20(21)10-13-23(14-11-20)19(24)17-5-6-18-16(15-17)4-3-12-22-18/h3-6,12,15,25H,2,7-11,13-14H2,1H3/t21-/m0/s1. The molecule has 1 saturated carbocycles. The van der Waals surface area contributed by atoms with Gasteiger partial charge in [0.15, 0.2) is 0 Å². The molecular formula is C21H26N2O2. The highest BCUT2D eigenvalue weighted by molar-refractivity contribution is 5.98. The average Bonchev–Trinajstić information content (AvgIpc) is 2.66. The number of aromatic nitrogens is 1. The molecule has 1 aromatic heterocycles. The highest BCUT2D eigenvalue weighted by Gasteiger charge is 2.57. The Morgan fingerprint density at radius 1 is 1.20 bits per heavy atom. The Bertz CT molecular complexity index is 795. The molecule has 2 aromatic rings. The fraction of sp³-hybridized carbons (Fsp3) is 0.524. The van der Waals surface area contributed by atoms with E-state index < -0.39 is 5.60 Å². The molecule has 2 fully saturated rings. The topological polar surface area (TPSA) is 53.4 Å². The zero-order chi connectivity index (χ0) is 17.5. The van der Waals surface area contributed by atoms with Gasteiger partial charge < -0.3 is 10.0 Å². The molecule has 1 amide bonds. The fourth-order valence-corrected chi connectivity index (χ4v) is 4.82. The van der Waals surface area contributed by atoms with Gasteiger partial charge in [-0.05, 0) is 56.4 Å². The lowest BCUT2D eigenvalue weighted by molar-refractivity contribution is -0.191. The molecular weight excluding hydrogens is 312 g/mol. The lowest BCUT2D eigenvalue weighted by Gasteiger charge is -2.59. The van der Waals surface area contributed by atoms with Crippen LogP contribution in [0.25, 0.3) is 10.9 Å². The Hall–Kier alpha value is -1.94. The zero-order valence-electron chi connectivity index (χ0n) is 14.9. The molecule has 0 bridgehead atoms. The van der Waals surface area contributed by atoms with E-state index in [0.717, 1.165) is 68.1 Å². The van der Waals surface area contributed by atoms with Crippen LogP contribution in [0.2, 0.25) is 0 Å². The first-order valence-electron chi connectivity index (χ1n) is 9.43. The monoisotopic (exact) mass is 338 g/mol. The number of fused-ring (bicyclic) bond motifs is 1. The Labute approximate surface area is 148 Å². The van der Waals surface area contributed by atoms with Crippen molar-refractivity contribution in [1.82, 2.24) is 9.88 Å². The minimum atomic E-state index is -0.495. The van der Waals surface area contributed by atoms with E-state index in [1.165, 1.54) is 0 Å². The molecule has 0 radical (unpaired) electrons. The van der Waals surface area contributed by atoms with Gasteiger partial charge in [-0.3, -0.25) is 9.78 Å². The van der Waals surface area contributed by atoms with Gasteiger partial charge in [-0.1, -0.05) is 19.4 Å². The second-order valence-electron chi connectivity index (χ2n) is 7.76. The Morgan fingerprint density at radius 2 is 2.00 bits per heavy atom. The van der Waals surface area contributed by atoms with E-state index in [1.54, 1.807) is 6.20 Å². The van der Waals surface area contributed by atoms with E-state index >= 15 is 0 Å². The van der Waals surface area contributed by atoms with Crippen LogP contribution in [-0.2, 0) is 0 Å². The molecule has 2 aliphatic rings. The molecule has 0 unspecified atom stereocenters. The molecule has 1 aliphatic heterocycles. The first-order chi connectivity index (χ1) is 12.1. The van der Waals surface area contributed by atoms with E-state index in [0.29, 0.717) is 0 Å². The van der Waals surface area contributed by atoms with Gasteiger partial charge in [-0.25, -0.2) is 0 Å². The molecule has 1 saturated heterocycles. The molecule has 25 heavy (non-hydrogen) atoms. The maximum atomic E-state index is 12.9. The van der Waals surface area contributed by atoms with Crippen LogP contribution in [0.5, 0.6) is 0 Å². The molecule has 1 aliphatic carbocycles. The van der Waals surface area contributed by atoms with E-state index in [2.05, 4.69) is 11.9 Å². The van der Waals surface area contributed by atoms with Crippen molar-refractivity contribution in [3.63, 3.8) is 0 Å². The van der Waals surface area contributed by atoms with Gasteiger partial charge in [0.25, 0.3) is 5.91 Å². The molecule has 4 heteroatoms. The number of carbonyl (C=O) groups excluding carboxylic acids is 1. The fourth-order valence-electron chi connectivity index (χ4n) is 4.82. The van der Waals surface area contributed by atoms with E-state index in [1.807, 2.05) is 35.2 Å². The van der Waals surface area contributed by atoms with Gasteiger partial charge in [-0.2, -0.15) is 0 Å². The number of aliphatic hydroxyl groups is 1. The molecule has 1 spiro atoms. The number of likely N-dealkylation sites (tertiary alicyclic amines) is 1. The quantitative estimate of drug-likeness (QED) is 0.926. The lowest BCUT2D eigenvalue weighted by atomic mass is 9.51. The van der Waals surface area contributed by atoms with Crippen LogP contribution >= 0.6 is 0 Å². The minimum absolute atomic E-state index is 0.0487. The smallest absolute Gasteiger partial charge is 0.253 e. The summed E-state index contributed by atoms with van der Waals surface area (Å²) in [4.78, 5) is 19.2. The molecule has 132 valence electrons. The van der Waals surface area contributed by atoms with Crippen molar-refractivity contribution in [3.05, 3.63) is 42.1 Å². The summed E-state index contributed by atoms with van der Waals surface area (Å²) in [5.74, 6) is 0.0963. The van der Waals surface area contributed by atoms with E-state index in [4.69, 9.17) is 0 Å². The second kappa shape index (κ2) is 6.10. The highest BCUT2D eigenvalue weighted by Crippen LogP contribution is 2.58. The normalized spacial score (nSPS) is 25.1. The Kier molecular flexibility index (Phi) is 4.03. The predicted molar refractivity (Wildman–Crippen MR) is 98.4 cm³/mol. The summed E-state index contributed by atoms with van der Waals surface area (Å²) in [6, 6.07) is 9.61. The predicted octanol–water partition coefficient (Wildman–Crippen LogP) is 3.78. The number of pyridine rings is 1. The van der Waals surface area contributed by atoms with Gasteiger partial charge in [-0.15, -0.1) is 0 Å². The molecule has 1 aromatic carbocycles. The largest absolute Gasteiger partial charge is 0.389 e. The molecule has 2 heterocycles. The third-order valence-corrected chi connectivity index (χ3v) is 6.53. The van der Waals surface area contributed by atoms with Crippen LogP contribution < -0.4 is 0 Å². The van der Waals surface area contributed by atoms with Crippen molar-refractivity contribution < 1.29 is 9.90 Å². The summed E-state index contributed by atoms with van der Waals surface area (Å²) in [6.45, 7) is 3.63. The Balaban J connectivity index is 1.47. The number of carbonyl (C=O) groups is 1. The number of amides is 1. The average molecular weight is 338 g/mol. The minimum Gasteiger partial charge on any atom is -0.389 e. The second-order valence-corrected chi connectivity index (χ2v) is 7.76. The lowest BCUT2D eigenvalue weighted by Crippen LogP contribution is -2.61.